The molecule has 1 fully saturated rings. The largest absolute Gasteiger partial charge is 0.416 e. The number of fused-ring (bicyclic) bond motifs is 1. The van der Waals surface area contributed by atoms with Gasteiger partial charge in [-0.25, -0.2) is 21.8 Å². The summed E-state index contributed by atoms with van der Waals surface area (Å²) in [7, 11) is -7.79. The minimum Gasteiger partial charge on any atom is -0.337 e. The molecule has 2 aromatic carbocycles. The zero-order valence-electron chi connectivity index (χ0n) is 21.0. The van der Waals surface area contributed by atoms with E-state index in [4.69, 9.17) is 0 Å². The van der Waals surface area contributed by atoms with Crippen molar-refractivity contribution in [1.82, 2.24) is 9.88 Å². The third-order valence-electron chi connectivity index (χ3n) is 7.23. The quantitative estimate of drug-likeness (QED) is 0.440. The molecule has 0 saturated carbocycles. The number of benzene rings is 2. The zero-order valence-corrected chi connectivity index (χ0v) is 22.6. The van der Waals surface area contributed by atoms with Crippen LogP contribution < -0.4 is 0 Å². The van der Waals surface area contributed by atoms with E-state index in [-0.39, 0.29) is 23.7 Å². The van der Waals surface area contributed by atoms with Crippen LogP contribution in [0.15, 0.2) is 64.4 Å². The maximum atomic E-state index is 13.4. The second kappa shape index (κ2) is 9.64. The highest BCUT2D eigenvalue weighted by atomic mass is 32.2. The van der Waals surface area contributed by atoms with Crippen molar-refractivity contribution in [3.05, 3.63) is 65.9 Å². The van der Waals surface area contributed by atoms with Crippen LogP contribution in [-0.2, 0) is 25.9 Å². The molecule has 0 radical (unpaired) electrons. The summed E-state index contributed by atoms with van der Waals surface area (Å²) in [5.74, 6) is -0.903. The minimum absolute atomic E-state index is 0.00495. The monoisotopic (exact) mass is 568 g/mol. The number of pyridine rings is 1. The Kier molecular flexibility index (Phi) is 7.11. The van der Waals surface area contributed by atoms with Gasteiger partial charge in [0.15, 0.2) is 19.7 Å². The topological polar surface area (TPSA) is 101 Å². The number of carbonyl (C=O) groups excluding carboxylic acids is 1. The van der Waals surface area contributed by atoms with Crippen LogP contribution in [0.3, 0.4) is 0 Å². The van der Waals surface area contributed by atoms with Gasteiger partial charge in [-0.1, -0.05) is 24.3 Å². The van der Waals surface area contributed by atoms with E-state index in [1.54, 1.807) is 24.3 Å². The van der Waals surface area contributed by atoms with E-state index in [1.165, 1.54) is 24.8 Å². The maximum absolute atomic E-state index is 13.4. The lowest BCUT2D eigenvalue weighted by Gasteiger charge is -2.40. The van der Waals surface area contributed by atoms with E-state index >= 15 is 0 Å². The van der Waals surface area contributed by atoms with Crippen LogP contribution in [0.2, 0.25) is 0 Å². The van der Waals surface area contributed by atoms with Crippen LogP contribution in [0.1, 0.15) is 42.7 Å². The summed E-state index contributed by atoms with van der Waals surface area (Å²) in [5, 5.41) is 0.409. The van der Waals surface area contributed by atoms with Crippen LogP contribution in [0, 0.1) is 5.92 Å². The second-order valence-corrected chi connectivity index (χ2v) is 14.5. The van der Waals surface area contributed by atoms with Crippen molar-refractivity contribution in [2.45, 2.75) is 47.4 Å². The number of sulfone groups is 2. The van der Waals surface area contributed by atoms with Crippen molar-refractivity contribution in [3.63, 3.8) is 0 Å². The van der Waals surface area contributed by atoms with Crippen LogP contribution in [0.4, 0.5) is 13.2 Å². The Morgan fingerprint density at radius 1 is 0.947 bits per heavy atom. The second-order valence-electron chi connectivity index (χ2n) is 9.99. The highest BCUT2D eigenvalue weighted by Crippen LogP contribution is 2.39. The number of piperidine rings is 1. The van der Waals surface area contributed by atoms with Crippen molar-refractivity contribution >= 4 is 36.5 Å². The number of hydrogen-bond donors (Lipinski definition) is 0. The van der Waals surface area contributed by atoms with Gasteiger partial charge < -0.3 is 4.90 Å². The van der Waals surface area contributed by atoms with E-state index in [9.17, 15) is 34.8 Å². The molecule has 3 aromatic rings. The van der Waals surface area contributed by atoms with E-state index in [0.717, 1.165) is 24.5 Å². The van der Waals surface area contributed by atoms with Gasteiger partial charge in [0, 0.05) is 24.7 Å². The minimum atomic E-state index is -4.67. The van der Waals surface area contributed by atoms with Gasteiger partial charge in [0.25, 0.3) is 5.91 Å². The van der Waals surface area contributed by atoms with Crippen molar-refractivity contribution in [2.75, 3.05) is 19.3 Å². The predicted molar refractivity (Wildman–Crippen MR) is 136 cm³/mol. The molecule has 1 saturated heterocycles. The van der Waals surface area contributed by atoms with Crippen LogP contribution >= 0.6 is 0 Å². The fraction of sp³-hybridized carbons (Fsp3) is 0.385. The third-order valence-corrected chi connectivity index (χ3v) is 11.0. The number of amides is 1. The first-order valence-electron chi connectivity index (χ1n) is 11.8. The lowest BCUT2D eigenvalue weighted by Crippen LogP contribution is -2.47. The van der Waals surface area contributed by atoms with Crippen molar-refractivity contribution < 1.29 is 34.8 Å². The lowest BCUT2D eigenvalue weighted by molar-refractivity contribution is -0.137. The summed E-state index contributed by atoms with van der Waals surface area (Å²) in [6.07, 6.45) is -3.02. The van der Waals surface area contributed by atoms with Crippen LogP contribution in [0.25, 0.3) is 10.9 Å². The Bertz CT molecular complexity index is 1610. The number of alkyl halides is 3. The number of para-hydroxylation sites is 1. The summed E-state index contributed by atoms with van der Waals surface area (Å²) >= 11 is 0. The molecule has 1 aliphatic rings. The standard InChI is InChI=1S/C26H27F3N2O5S2/c1-25(2,38(35,36)19-8-6-7-18(15-19)26(27,28)29)17-11-13-31(14-12-17)24(32)22-16-23(37(3,33)34)20-9-4-5-10-21(20)30-22/h4-10,15-17H,11-14H2,1-3H3. The SMILES string of the molecule is CC(C)(C1CCN(C(=O)c2cc(S(C)(=O)=O)c3ccccc3n2)CC1)S(=O)(=O)c1cccc(C(F)(F)F)c1. The first-order valence-corrected chi connectivity index (χ1v) is 15.2. The average molecular weight is 569 g/mol. The molecular formula is C26H27F3N2O5S2. The highest BCUT2D eigenvalue weighted by Gasteiger charge is 2.45. The Labute approximate surface area is 219 Å². The van der Waals surface area contributed by atoms with Crippen LogP contribution in [0.5, 0.6) is 0 Å². The molecule has 2 heterocycles. The fourth-order valence-corrected chi connectivity index (χ4v) is 7.58. The number of halogens is 3. The van der Waals surface area contributed by atoms with Gasteiger partial charge in [-0.3, -0.25) is 4.79 Å². The number of hydrogen-bond acceptors (Lipinski definition) is 6. The van der Waals surface area contributed by atoms with Crippen molar-refractivity contribution in [3.8, 4) is 0 Å². The number of carbonyl (C=O) groups is 1. The molecule has 1 aromatic heterocycles. The molecule has 38 heavy (non-hydrogen) atoms. The number of rotatable bonds is 5. The Hall–Kier alpha value is -2.99. The summed E-state index contributed by atoms with van der Waals surface area (Å²) in [6, 6.07) is 11.6. The van der Waals surface area contributed by atoms with E-state index in [1.807, 2.05) is 0 Å². The number of likely N-dealkylation sites (tertiary alicyclic amines) is 1. The first kappa shape index (κ1) is 28.0. The average Bonchev–Trinajstić information content (AvgIpc) is 2.86. The first-order chi connectivity index (χ1) is 17.5. The molecular weight excluding hydrogens is 541 g/mol. The molecule has 1 amide bonds. The smallest absolute Gasteiger partial charge is 0.337 e. The Morgan fingerprint density at radius 2 is 1.58 bits per heavy atom. The fourth-order valence-electron chi connectivity index (χ4n) is 4.86. The molecule has 0 spiro atoms. The Morgan fingerprint density at radius 3 is 2.18 bits per heavy atom. The van der Waals surface area contributed by atoms with E-state index in [2.05, 4.69) is 4.98 Å². The van der Waals surface area contributed by atoms with E-state index < -0.39 is 52.9 Å². The van der Waals surface area contributed by atoms with Gasteiger partial charge in [0.1, 0.15) is 5.69 Å². The predicted octanol–water partition coefficient (Wildman–Crippen LogP) is 4.76. The molecule has 7 nitrogen and oxygen atoms in total. The van der Waals surface area contributed by atoms with Crippen LogP contribution in [-0.4, -0.2) is 56.7 Å². The van der Waals surface area contributed by atoms with Crippen molar-refractivity contribution in [2.24, 2.45) is 5.92 Å². The van der Waals surface area contributed by atoms with Gasteiger partial charge >= 0.3 is 6.18 Å². The van der Waals surface area contributed by atoms with Gasteiger partial charge in [-0.2, -0.15) is 13.2 Å². The summed E-state index contributed by atoms with van der Waals surface area (Å²) in [4.78, 5) is 18.7. The molecule has 0 N–H and O–H groups in total. The number of nitrogens with zero attached hydrogens (tertiary/aromatic N) is 2. The number of aromatic nitrogens is 1. The highest BCUT2D eigenvalue weighted by molar-refractivity contribution is 7.92. The molecule has 12 heteroatoms. The third kappa shape index (κ3) is 5.15. The molecule has 0 bridgehead atoms. The lowest BCUT2D eigenvalue weighted by atomic mass is 9.85. The summed E-state index contributed by atoms with van der Waals surface area (Å²) < 4.78 is 89.7. The summed E-state index contributed by atoms with van der Waals surface area (Å²) in [6.45, 7) is 3.36. The molecule has 4 rings (SSSR count). The summed E-state index contributed by atoms with van der Waals surface area (Å²) in [5.41, 5.74) is -0.702. The van der Waals surface area contributed by atoms with Gasteiger partial charge in [-0.05, 0) is 62.9 Å². The van der Waals surface area contributed by atoms with Gasteiger partial charge in [0.2, 0.25) is 0 Å². The van der Waals surface area contributed by atoms with Gasteiger partial charge in [-0.15, -0.1) is 0 Å². The normalized spacial score (nSPS) is 16.1. The van der Waals surface area contributed by atoms with Crippen molar-refractivity contribution in [1.29, 1.82) is 0 Å². The van der Waals surface area contributed by atoms with Gasteiger partial charge in [0.05, 0.1) is 25.6 Å². The molecule has 1 aliphatic heterocycles. The van der Waals surface area contributed by atoms with E-state index in [0.29, 0.717) is 29.8 Å². The molecule has 204 valence electrons. The zero-order chi connectivity index (χ0) is 28.1. The Balaban J connectivity index is 1.56. The molecule has 0 atom stereocenters. The molecule has 0 unspecified atom stereocenters. The molecule has 0 aliphatic carbocycles. The maximum Gasteiger partial charge on any atom is 0.416 e.